The number of aromatic carboxylic acids is 1. The Morgan fingerprint density at radius 3 is 2.89 bits per heavy atom. The van der Waals surface area contributed by atoms with Crippen molar-refractivity contribution in [3.63, 3.8) is 0 Å². The molecule has 0 amide bonds. The first kappa shape index (κ1) is 11.2. The molecule has 96 valence electrons. The Morgan fingerprint density at radius 1 is 1.42 bits per heavy atom. The number of aromatic nitrogens is 5. The maximum absolute atomic E-state index is 10.9. The molecule has 8 heteroatoms. The number of aryl methyl sites for hydroxylation is 1. The fourth-order valence-corrected chi connectivity index (χ4v) is 1.88. The summed E-state index contributed by atoms with van der Waals surface area (Å²) in [5.74, 6) is -0.734. The second-order valence-corrected chi connectivity index (χ2v) is 4.04. The Morgan fingerprint density at radius 2 is 2.21 bits per heavy atom. The number of hydrogen-bond acceptors (Lipinski definition) is 5. The highest BCUT2D eigenvalue weighted by Gasteiger charge is 2.16. The maximum Gasteiger partial charge on any atom is 0.358 e. The number of pyridine rings is 1. The summed E-state index contributed by atoms with van der Waals surface area (Å²) in [5, 5.41) is 12.9. The molecule has 0 unspecified atom stereocenters. The zero-order valence-corrected chi connectivity index (χ0v) is 9.98. The van der Waals surface area contributed by atoms with Crippen molar-refractivity contribution < 1.29 is 9.90 Å². The molecule has 0 spiro atoms. The number of carbonyl (C=O) groups is 1. The van der Waals surface area contributed by atoms with Crippen molar-refractivity contribution in [3.05, 3.63) is 30.5 Å². The second kappa shape index (κ2) is 3.80. The third kappa shape index (κ3) is 1.61. The third-order valence-corrected chi connectivity index (χ3v) is 2.79. The van der Waals surface area contributed by atoms with Gasteiger partial charge in [-0.2, -0.15) is 5.10 Å². The van der Waals surface area contributed by atoms with Gasteiger partial charge in [-0.25, -0.2) is 19.4 Å². The van der Waals surface area contributed by atoms with E-state index in [0.717, 1.165) is 5.52 Å². The van der Waals surface area contributed by atoms with Gasteiger partial charge in [0.1, 0.15) is 5.52 Å². The number of nitrogens with two attached hydrogens (primary N) is 1. The Balaban J connectivity index is 2.24. The first-order valence-electron chi connectivity index (χ1n) is 5.43. The number of carboxylic acid groups (broad SMARTS) is 1. The molecule has 0 aliphatic carbocycles. The molecule has 3 aromatic rings. The van der Waals surface area contributed by atoms with E-state index >= 15 is 0 Å². The van der Waals surface area contributed by atoms with Crippen LogP contribution in [-0.4, -0.2) is 35.4 Å². The van der Waals surface area contributed by atoms with Crippen molar-refractivity contribution in [1.29, 1.82) is 0 Å². The molecule has 8 nitrogen and oxygen atoms in total. The minimum atomic E-state index is -1.18. The normalized spacial score (nSPS) is 11.0. The molecular formula is C11H10N6O2. The zero-order valence-electron chi connectivity index (χ0n) is 9.98. The smallest absolute Gasteiger partial charge is 0.358 e. The zero-order chi connectivity index (χ0) is 13.6. The molecule has 3 N–H and O–H groups in total. The van der Waals surface area contributed by atoms with E-state index in [0.29, 0.717) is 11.3 Å². The van der Waals surface area contributed by atoms with Crippen LogP contribution in [0.25, 0.3) is 16.9 Å². The summed E-state index contributed by atoms with van der Waals surface area (Å²) in [5.41, 5.74) is 7.00. The Kier molecular flexibility index (Phi) is 2.24. The third-order valence-electron chi connectivity index (χ3n) is 2.79. The Bertz CT molecular complexity index is 788. The lowest BCUT2D eigenvalue weighted by Crippen LogP contribution is -2.04. The van der Waals surface area contributed by atoms with Crippen LogP contribution in [0.3, 0.4) is 0 Å². The average Bonchev–Trinajstić information content (AvgIpc) is 2.94. The number of nitrogens with zero attached hydrogens (tertiary/aromatic N) is 5. The van der Waals surface area contributed by atoms with Crippen molar-refractivity contribution in [2.75, 3.05) is 5.73 Å². The topological polar surface area (TPSA) is 112 Å². The Hall–Kier alpha value is -2.90. The van der Waals surface area contributed by atoms with Gasteiger partial charge in [0.15, 0.2) is 11.5 Å². The van der Waals surface area contributed by atoms with Crippen molar-refractivity contribution in [2.24, 2.45) is 7.05 Å². The number of fused-ring (bicyclic) bond motifs is 1. The maximum atomic E-state index is 10.9. The summed E-state index contributed by atoms with van der Waals surface area (Å²) in [6.07, 6.45) is 4.68. The van der Waals surface area contributed by atoms with E-state index < -0.39 is 5.97 Å². The predicted octanol–water partition coefficient (Wildman–Crippen LogP) is 0.434. The lowest BCUT2D eigenvalue weighted by atomic mass is 10.4. The lowest BCUT2D eigenvalue weighted by molar-refractivity contribution is 0.0691. The van der Waals surface area contributed by atoms with Crippen LogP contribution in [0.5, 0.6) is 0 Å². The fourth-order valence-electron chi connectivity index (χ4n) is 1.88. The first-order chi connectivity index (χ1) is 9.08. The van der Waals surface area contributed by atoms with Gasteiger partial charge in [-0.1, -0.05) is 0 Å². The number of hydrogen-bond donors (Lipinski definition) is 2. The van der Waals surface area contributed by atoms with Crippen molar-refractivity contribution in [2.45, 2.75) is 0 Å². The van der Waals surface area contributed by atoms with Gasteiger partial charge < -0.3 is 15.4 Å². The molecule has 19 heavy (non-hydrogen) atoms. The van der Waals surface area contributed by atoms with Crippen LogP contribution in [0.15, 0.2) is 24.8 Å². The van der Waals surface area contributed by atoms with Gasteiger partial charge in [-0.15, -0.1) is 0 Å². The van der Waals surface area contributed by atoms with E-state index in [9.17, 15) is 4.79 Å². The summed E-state index contributed by atoms with van der Waals surface area (Å²) in [6, 6.07) is 1.82. The highest BCUT2D eigenvalue weighted by molar-refractivity contribution is 5.91. The number of carboxylic acids is 1. The SMILES string of the molecule is Cn1cnc2c(-n3cc(N)c(C(=O)O)n3)nccc21. The average molecular weight is 258 g/mol. The standard InChI is InChI=1S/C11H10N6O2/c1-16-5-14-9-7(16)2-3-13-10(9)17-4-6(12)8(15-17)11(18)19/h2-5H,12H2,1H3,(H,18,19). The van der Waals surface area contributed by atoms with Crippen molar-refractivity contribution in [3.8, 4) is 5.82 Å². The van der Waals surface area contributed by atoms with Crippen LogP contribution in [0.1, 0.15) is 10.5 Å². The molecule has 0 aliphatic rings. The fraction of sp³-hybridized carbons (Fsp3) is 0.0909. The van der Waals surface area contributed by atoms with Gasteiger partial charge in [0.2, 0.25) is 0 Å². The molecule has 0 saturated carbocycles. The monoisotopic (exact) mass is 258 g/mol. The second-order valence-electron chi connectivity index (χ2n) is 4.04. The van der Waals surface area contributed by atoms with Crippen LogP contribution in [0.4, 0.5) is 5.69 Å². The van der Waals surface area contributed by atoms with E-state index in [4.69, 9.17) is 10.8 Å². The Labute approximate surface area is 107 Å². The van der Waals surface area contributed by atoms with E-state index in [-0.39, 0.29) is 11.4 Å². The molecule has 0 radical (unpaired) electrons. The summed E-state index contributed by atoms with van der Waals surface area (Å²) in [4.78, 5) is 19.3. The van der Waals surface area contributed by atoms with Gasteiger partial charge in [0, 0.05) is 13.2 Å². The number of nitrogen functional groups attached to an aromatic ring is 1. The molecule has 0 bridgehead atoms. The van der Waals surface area contributed by atoms with E-state index in [1.165, 1.54) is 10.9 Å². The van der Waals surface area contributed by atoms with Gasteiger partial charge >= 0.3 is 5.97 Å². The molecular weight excluding hydrogens is 248 g/mol. The van der Waals surface area contributed by atoms with Crippen LogP contribution in [0, 0.1) is 0 Å². The minimum Gasteiger partial charge on any atom is -0.476 e. The first-order valence-corrected chi connectivity index (χ1v) is 5.43. The lowest BCUT2D eigenvalue weighted by Gasteiger charge is -2.01. The molecule has 3 aromatic heterocycles. The number of anilines is 1. The van der Waals surface area contributed by atoms with Gasteiger partial charge in [-0.05, 0) is 6.07 Å². The van der Waals surface area contributed by atoms with Crippen molar-refractivity contribution in [1.82, 2.24) is 24.3 Å². The van der Waals surface area contributed by atoms with Crippen LogP contribution < -0.4 is 5.73 Å². The van der Waals surface area contributed by atoms with E-state index in [2.05, 4.69) is 15.1 Å². The largest absolute Gasteiger partial charge is 0.476 e. The molecule has 0 aliphatic heterocycles. The van der Waals surface area contributed by atoms with Crippen LogP contribution in [-0.2, 0) is 7.05 Å². The quantitative estimate of drug-likeness (QED) is 0.689. The predicted molar refractivity (Wildman–Crippen MR) is 67.0 cm³/mol. The van der Waals surface area contributed by atoms with E-state index in [1.54, 1.807) is 12.5 Å². The van der Waals surface area contributed by atoms with Crippen molar-refractivity contribution >= 4 is 22.7 Å². The van der Waals surface area contributed by atoms with Gasteiger partial charge in [-0.3, -0.25) is 0 Å². The molecule has 3 heterocycles. The molecule has 0 aromatic carbocycles. The molecule has 0 atom stereocenters. The molecule has 0 fully saturated rings. The van der Waals surface area contributed by atoms with Crippen LogP contribution in [0.2, 0.25) is 0 Å². The number of imidazole rings is 1. The van der Waals surface area contributed by atoms with E-state index in [1.807, 2.05) is 17.7 Å². The molecule has 3 rings (SSSR count). The summed E-state index contributed by atoms with van der Waals surface area (Å²) < 4.78 is 3.17. The van der Waals surface area contributed by atoms with Gasteiger partial charge in [0.25, 0.3) is 0 Å². The summed E-state index contributed by atoms with van der Waals surface area (Å²) >= 11 is 0. The highest BCUT2D eigenvalue weighted by atomic mass is 16.4. The summed E-state index contributed by atoms with van der Waals surface area (Å²) in [7, 11) is 1.86. The number of rotatable bonds is 2. The van der Waals surface area contributed by atoms with Crippen LogP contribution >= 0.6 is 0 Å². The summed E-state index contributed by atoms with van der Waals surface area (Å²) in [6.45, 7) is 0. The molecule has 0 saturated heterocycles. The highest BCUT2D eigenvalue weighted by Crippen LogP contribution is 2.19. The minimum absolute atomic E-state index is 0.0854. The van der Waals surface area contributed by atoms with Gasteiger partial charge in [0.05, 0.1) is 23.7 Å².